The lowest BCUT2D eigenvalue weighted by Crippen LogP contribution is -2.24. The Balaban J connectivity index is 2.08. The Morgan fingerprint density at radius 2 is 1.78 bits per heavy atom. The van der Waals surface area contributed by atoms with Gasteiger partial charge in [0.15, 0.2) is 6.61 Å². The van der Waals surface area contributed by atoms with Crippen LogP contribution in [0.15, 0.2) is 47.4 Å². The van der Waals surface area contributed by atoms with E-state index in [9.17, 15) is 18.0 Å². The molecule has 2 rings (SSSR count). The van der Waals surface area contributed by atoms with Gasteiger partial charge in [-0.3, -0.25) is 4.79 Å². The van der Waals surface area contributed by atoms with Crippen molar-refractivity contribution in [3.63, 3.8) is 0 Å². The van der Waals surface area contributed by atoms with Crippen molar-refractivity contribution in [2.75, 3.05) is 45.0 Å². The second-order valence-electron chi connectivity index (χ2n) is 7.10. The lowest BCUT2D eigenvalue weighted by atomic mass is 10.1. The standard InChI is InChI=1S/C22H29N3O6S/c1-5-6-13-23-18-10-8-7-9-17(18)22(27)31-15-21(26)24-19-14-16(11-12-20(19)30-4)32(28,29)25(2)3/h7-12,14,23H,5-6,13,15H2,1-4H3,(H,24,26). The van der Waals surface area contributed by atoms with E-state index in [-0.39, 0.29) is 16.3 Å². The molecule has 2 aromatic rings. The van der Waals surface area contributed by atoms with Crippen LogP contribution >= 0.6 is 0 Å². The van der Waals surface area contributed by atoms with Crippen molar-refractivity contribution < 1.29 is 27.5 Å². The number of hydrogen-bond acceptors (Lipinski definition) is 7. The highest BCUT2D eigenvalue weighted by Crippen LogP contribution is 2.28. The molecule has 0 aliphatic rings. The Morgan fingerprint density at radius 3 is 2.44 bits per heavy atom. The van der Waals surface area contributed by atoms with Crippen LogP contribution in [0.3, 0.4) is 0 Å². The zero-order chi connectivity index (χ0) is 23.7. The number of amides is 1. The van der Waals surface area contributed by atoms with Crippen LogP contribution in [0.1, 0.15) is 30.1 Å². The maximum absolute atomic E-state index is 12.5. The second-order valence-corrected chi connectivity index (χ2v) is 9.25. The van der Waals surface area contributed by atoms with E-state index in [0.29, 0.717) is 17.8 Å². The van der Waals surface area contributed by atoms with Gasteiger partial charge in [-0.1, -0.05) is 25.5 Å². The van der Waals surface area contributed by atoms with Crippen molar-refractivity contribution in [3.8, 4) is 5.75 Å². The summed E-state index contributed by atoms with van der Waals surface area (Å²) in [7, 11) is 0.512. The average molecular weight is 464 g/mol. The highest BCUT2D eigenvalue weighted by atomic mass is 32.2. The van der Waals surface area contributed by atoms with Crippen molar-refractivity contribution in [3.05, 3.63) is 48.0 Å². The van der Waals surface area contributed by atoms with Crippen molar-refractivity contribution in [1.29, 1.82) is 0 Å². The predicted molar refractivity (Wildman–Crippen MR) is 123 cm³/mol. The zero-order valence-electron chi connectivity index (χ0n) is 18.7. The van der Waals surface area contributed by atoms with E-state index >= 15 is 0 Å². The quantitative estimate of drug-likeness (QED) is 0.389. The smallest absolute Gasteiger partial charge is 0.340 e. The Hall–Kier alpha value is -3.11. The van der Waals surface area contributed by atoms with Crippen LogP contribution in [0.4, 0.5) is 11.4 Å². The molecule has 0 aromatic heterocycles. The molecular formula is C22H29N3O6S. The first-order valence-electron chi connectivity index (χ1n) is 10.1. The summed E-state index contributed by atoms with van der Waals surface area (Å²) >= 11 is 0. The van der Waals surface area contributed by atoms with Gasteiger partial charge in [0.1, 0.15) is 5.75 Å². The van der Waals surface area contributed by atoms with Gasteiger partial charge in [-0.2, -0.15) is 0 Å². The predicted octanol–water partition coefficient (Wildman–Crippen LogP) is 2.95. The third kappa shape index (κ3) is 6.44. The first-order valence-corrected chi connectivity index (χ1v) is 11.5. The number of anilines is 2. The number of hydrogen-bond donors (Lipinski definition) is 2. The summed E-state index contributed by atoms with van der Waals surface area (Å²) in [6.07, 6.45) is 1.97. The van der Waals surface area contributed by atoms with Gasteiger partial charge in [0.25, 0.3) is 5.91 Å². The van der Waals surface area contributed by atoms with Crippen LogP contribution in [-0.4, -0.2) is 59.0 Å². The third-order valence-electron chi connectivity index (χ3n) is 4.55. The number of carbonyl (C=O) groups is 2. The summed E-state index contributed by atoms with van der Waals surface area (Å²) in [5, 5.41) is 5.72. The van der Waals surface area contributed by atoms with Crippen molar-refractivity contribution >= 4 is 33.3 Å². The minimum Gasteiger partial charge on any atom is -0.495 e. The number of methoxy groups -OCH3 is 1. The molecular weight excluding hydrogens is 434 g/mol. The van der Waals surface area contributed by atoms with Crippen LogP contribution in [0.2, 0.25) is 0 Å². The molecule has 0 radical (unpaired) electrons. The largest absolute Gasteiger partial charge is 0.495 e. The SMILES string of the molecule is CCCCNc1ccccc1C(=O)OCC(=O)Nc1cc(S(=O)(=O)N(C)C)ccc1OC. The molecule has 0 unspecified atom stereocenters. The molecule has 9 nitrogen and oxygen atoms in total. The Kier molecular flexibility index (Phi) is 9.03. The molecule has 0 heterocycles. The number of unbranched alkanes of at least 4 members (excludes halogenated alkanes) is 1. The van der Waals surface area contributed by atoms with Gasteiger partial charge in [-0.15, -0.1) is 0 Å². The summed E-state index contributed by atoms with van der Waals surface area (Å²) in [6.45, 7) is 2.24. The number of rotatable bonds is 11. The van der Waals surface area contributed by atoms with Gasteiger partial charge in [0.05, 0.1) is 23.3 Å². The normalized spacial score (nSPS) is 11.2. The molecule has 32 heavy (non-hydrogen) atoms. The summed E-state index contributed by atoms with van der Waals surface area (Å²) in [6, 6.07) is 11.0. The highest BCUT2D eigenvalue weighted by Gasteiger charge is 2.20. The molecule has 0 spiro atoms. The molecule has 0 atom stereocenters. The molecule has 0 aliphatic carbocycles. The number of benzene rings is 2. The molecule has 2 aromatic carbocycles. The van der Waals surface area contributed by atoms with E-state index in [1.807, 2.05) is 0 Å². The van der Waals surface area contributed by atoms with E-state index in [1.54, 1.807) is 24.3 Å². The molecule has 0 bridgehead atoms. The van der Waals surface area contributed by atoms with Crippen LogP contribution in [0.25, 0.3) is 0 Å². The Labute approximate surface area is 188 Å². The fraction of sp³-hybridized carbons (Fsp3) is 0.364. The lowest BCUT2D eigenvalue weighted by molar-refractivity contribution is -0.119. The first-order chi connectivity index (χ1) is 15.2. The minimum absolute atomic E-state index is 0.0114. The van der Waals surface area contributed by atoms with Crippen LogP contribution in [-0.2, 0) is 19.6 Å². The number of ether oxygens (including phenoxy) is 2. The highest BCUT2D eigenvalue weighted by molar-refractivity contribution is 7.89. The van der Waals surface area contributed by atoms with Gasteiger partial charge in [-0.25, -0.2) is 17.5 Å². The van der Waals surface area contributed by atoms with E-state index < -0.39 is 28.5 Å². The van der Waals surface area contributed by atoms with Crippen molar-refractivity contribution in [1.82, 2.24) is 4.31 Å². The van der Waals surface area contributed by atoms with Crippen LogP contribution in [0.5, 0.6) is 5.75 Å². The average Bonchev–Trinajstić information content (AvgIpc) is 2.77. The van der Waals surface area contributed by atoms with Crippen molar-refractivity contribution in [2.45, 2.75) is 24.7 Å². The molecule has 2 N–H and O–H groups in total. The van der Waals surface area contributed by atoms with E-state index in [4.69, 9.17) is 9.47 Å². The van der Waals surface area contributed by atoms with E-state index in [1.165, 1.54) is 39.4 Å². The monoisotopic (exact) mass is 463 g/mol. The van der Waals surface area contributed by atoms with Gasteiger partial charge in [0, 0.05) is 26.3 Å². The fourth-order valence-electron chi connectivity index (χ4n) is 2.77. The number of carbonyl (C=O) groups excluding carboxylic acids is 2. The minimum atomic E-state index is -3.70. The molecule has 1 amide bonds. The second kappa shape index (κ2) is 11.5. The Morgan fingerprint density at radius 1 is 1.06 bits per heavy atom. The van der Waals surface area contributed by atoms with Gasteiger partial charge < -0.3 is 20.1 Å². The molecule has 0 saturated heterocycles. The topological polar surface area (TPSA) is 114 Å². The Bertz CT molecular complexity index is 1050. The zero-order valence-corrected chi connectivity index (χ0v) is 19.5. The van der Waals surface area contributed by atoms with Gasteiger partial charge in [-0.05, 0) is 36.8 Å². The number of sulfonamides is 1. The maximum Gasteiger partial charge on any atom is 0.340 e. The summed E-state index contributed by atoms with van der Waals surface area (Å²) in [5.74, 6) is -1.00. The number of nitrogens with zero attached hydrogens (tertiary/aromatic N) is 1. The number of para-hydroxylation sites is 1. The third-order valence-corrected chi connectivity index (χ3v) is 6.36. The molecule has 174 valence electrons. The number of nitrogens with one attached hydrogen (secondary N) is 2. The maximum atomic E-state index is 12.5. The van der Waals surface area contributed by atoms with E-state index in [2.05, 4.69) is 17.6 Å². The van der Waals surface area contributed by atoms with E-state index in [0.717, 1.165) is 17.1 Å². The van der Waals surface area contributed by atoms with Gasteiger partial charge in [0.2, 0.25) is 10.0 Å². The molecule has 0 fully saturated rings. The molecule has 0 saturated carbocycles. The summed E-state index contributed by atoms with van der Waals surface area (Å²) in [4.78, 5) is 24.9. The van der Waals surface area contributed by atoms with Crippen LogP contribution < -0.4 is 15.4 Å². The number of esters is 1. The van der Waals surface area contributed by atoms with Gasteiger partial charge >= 0.3 is 5.97 Å². The summed E-state index contributed by atoms with van der Waals surface area (Å²) in [5.41, 5.74) is 1.11. The van der Waals surface area contributed by atoms with Crippen molar-refractivity contribution in [2.24, 2.45) is 0 Å². The fourth-order valence-corrected chi connectivity index (χ4v) is 3.69. The van der Waals surface area contributed by atoms with Crippen LogP contribution in [0, 0.1) is 0 Å². The molecule has 10 heteroatoms. The lowest BCUT2D eigenvalue weighted by Gasteiger charge is -2.15. The molecule has 0 aliphatic heterocycles. The summed E-state index contributed by atoms with van der Waals surface area (Å²) < 4.78 is 36.1. The first kappa shape index (κ1) is 25.2.